The minimum absolute atomic E-state index is 0.563. The van der Waals surface area contributed by atoms with Gasteiger partial charge in [-0.3, -0.25) is 0 Å². The van der Waals surface area contributed by atoms with Crippen molar-refractivity contribution in [3.63, 3.8) is 0 Å². The van der Waals surface area contributed by atoms with Gasteiger partial charge in [-0.25, -0.2) is 0 Å². The highest BCUT2D eigenvalue weighted by Crippen LogP contribution is 2.27. The molecule has 1 nitrogen and oxygen atoms in total. The Kier molecular flexibility index (Phi) is 5.88. The molecule has 17 heavy (non-hydrogen) atoms. The van der Waals surface area contributed by atoms with E-state index < -0.39 is 0 Å². The second kappa shape index (κ2) is 7.21. The molecule has 0 aliphatic carbocycles. The molecule has 2 rings (SSSR count). The summed E-state index contributed by atoms with van der Waals surface area (Å²) in [5.74, 6) is 1.40. The first-order valence-corrected chi connectivity index (χ1v) is 6.18. The lowest BCUT2D eigenvalue weighted by atomic mass is 10.3. The molecule has 0 atom stereocenters. The van der Waals surface area contributed by atoms with Crippen molar-refractivity contribution < 1.29 is 4.74 Å². The fraction of sp³-hybridized carbons (Fsp3) is 0.143. The van der Waals surface area contributed by atoms with E-state index in [2.05, 4.69) is 0 Å². The smallest absolute Gasteiger partial charge is 0.130 e. The molecule has 0 saturated heterocycles. The fourth-order valence-corrected chi connectivity index (χ4v) is 1.72. The molecule has 0 radical (unpaired) electrons. The van der Waals surface area contributed by atoms with E-state index >= 15 is 0 Å². The summed E-state index contributed by atoms with van der Waals surface area (Å²) in [6.45, 7) is 4.00. The van der Waals surface area contributed by atoms with Crippen LogP contribution in [0.1, 0.15) is 13.8 Å². The Morgan fingerprint density at radius 3 is 1.82 bits per heavy atom. The Morgan fingerprint density at radius 1 is 0.765 bits per heavy atom. The van der Waals surface area contributed by atoms with Crippen molar-refractivity contribution in [2.24, 2.45) is 0 Å². The van der Waals surface area contributed by atoms with E-state index in [9.17, 15) is 0 Å². The molecule has 0 fully saturated rings. The Hall–Kier alpha value is -1.18. The first-order valence-electron chi connectivity index (χ1n) is 5.43. The van der Waals surface area contributed by atoms with Gasteiger partial charge in [0.15, 0.2) is 0 Å². The van der Waals surface area contributed by atoms with Gasteiger partial charge in [0.1, 0.15) is 11.5 Å². The predicted molar refractivity (Wildman–Crippen MR) is 74.3 cm³/mol. The third-order valence-electron chi connectivity index (χ3n) is 1.81. The Morgan fingerprint density at radius 2 is 1.29 bits per heavy atom. The SMILES string of the molecule is CC.Clc1cc(Cl)cc(Oc2ccccc2)c1. The second-order valence-electron chi connectivity index (χ2n) is 3.02. The minimum atomic E-state index is 0.563. The summed E-state index contributed by atoms with van der Waals surface area (Å²) < 4.78 is 5.57. The van der Waals surface area contributed by atoms with Crippen LogP contribution >= 0.6 is 23.2 Å². The second-order valence-corrected chi connectivity index (χ2v) is 3.89. The zero-order valence-electron chi connectivity index (χ0n) is 9.78. The Balaban J connectivity index is 0.000000686. The molecular formula is C14H14Cl2O. The van der Waals surface area contributed by atoms with E-state index in [0.29, 0.717) is 15.8 Å². The van der Waals surface area contributed by atoms with E-state index in [1.807, 2.05) is 44.2 Å². The lowest BCUT2D eigenvalue weighted by Crippen LogP contribution is -1.83. The molecule has 3 heteroatoms. The zero-order valence-corrected chi connectivity index (χ0v) is 11.3. The standard InChI is InChI=1S/C12H8Cl2O.C2H6/c13-9-6-10(14)8-12(7-9)15-11-4-2-1-3-5-11;1-2/h1-8H;1-2H3. The molecule has 2 aromatic rings. The van der Waals surface area contributed by atoms with Gasteiger partial charge in [-0.05, 0) is 30.3 Å². The van der Waals surface area contributed by atoms with E-state index in [4.69, 9.17) is 27.9 Å². The number of hydrogen-bond donors (Lipinski definition) is 0. The topological polar surface area (TPSA) is 9.23 Å². The van der Waals surface area contributed by atoms with Crippen LogP contribution < -0.4 is 4.74 Å². The highest BCUT2D eigenvalue weighted by Gasteiger charge is 2.00. The average Bonchev–Trinajstić information content (AvgIpc) is 2.31. The van der Waals surface area contributed by atoms with Gasteiger partial charge < -0.3 is 4.74 Å². The lowest BCUT2D eigenvalue weighted by molar-refractivity contribution is 0.483. The third-order valence-corrected chi connectivity index (χ3v) is 2.25. The number of ether oxygens (including phenoxy) is 1. The summed E-state index contributed by atoms with van der Waals surface area (Å²) in [7, 11) is 0. The normalized spacial score (nSPS) is 9.18. The molecule has 0 heterocycles. The molecule has 0 spiro atoms. The average molecular weight is 269 g/mol. The summed E-state index contributed by atoms with van der Waals surface area (Å²) in [5, 5.41) is 1.13. The van der Waals surface area contributed by atoms with Gasteiger partial charge in [0.05, 0.1) is 0 Å². The lowest BCUT2D eigenvalue weighted by Gasteiger charge is -2.05. The summed E-state index contributed by atoms with van der Waals surface area (Å²) in [6, 6.07) is 14.6. The molecule has 0 unspecified atom stereocenters. The molecule has 0 N–H and O–H groups in total. The number of rotatable bonds is 2. The predicted octanol–water partition coefficient (Wildman–Crippen LogP) is 5.81. The monoisotopic (exact) mass is 268 g/mol. The van der Waals surface area contributed by atoms with Crippen molar-refractivity contribution >= 4 is 23.2 Å². The zero-order chi connectivity index (χ0) is 12.7. The highest BCUT2D eigenvalue weighted by molar-refractivity contribution is 6.34. The van der Waals surface area contributed by atoms with Crippen LogP contribution in [0.2, 0.25) is 10.0 Å². The van der Waals surface area contributed by atoms with Crippen molar-refractivity contribution in [1.82, 2.24) is 0 Å². The van der Waals surface area contributed by atoms with Gasteiger partial charge in [0.2, 0.25) is 0 Å². The van der Waals surface area contributed by atoms with Crippen molar-refractivity contribution in [2.45, 2.75) is 13.8 Å². The van der Waals surface area contributed by atoms with Crippen LogP contribution in [0.15, 0.2) is 48.5 Å². The van der Waals surface area contributed by atoms with Crippen LogP contribution in [0, 0.1) is 0 Å². The van der Waals surface area contributed by atoms with Crippen LogP contribution in [0.4, 0.5) is 0 Å². The fourth-order valence-electron chi connectivity index (χ4n) is 1.21. The molecule has 0 saturated carbocycles. The van der Waals surface area contributed by atoms with Gasteiger partial charge in [-0.2, -0.15) is 0 Å². The van der Waals surface area contributed by atoms with Crippen LogP contribution in [0.3, 0.4) is 0 Å². The third kappa shape index (κ3) is 4.68. The number of hydrogen-bond acceptors (Lipinski definition) is 1. The van der Waals surface area contributed by atoms with Crippen molar-refractivity contribution in [3.05, 3.63) is 58.6 Å². The molecule has 0 aromatic heterocycles. The van der Waals surface area contributed by atoms with Crippen LogP contribution in [0.5, 0.6) is 11.5 Å². The summed E-state index contributed by atoms with van der Waals surface area (Å²) >= 11 is 11.7. The molecule has 90 valence electrons. The van der Waals surface area contributed by atoms with E-state index in [1.54, 1.807) is 18.2 Å². The molecular weight excluding hydrogens is 255 g/mol. The van der Waals surface area contributed by atoms with Gasteiger partial charge >= 0.3 is 0 Å². The Bertz CT molecular complexity index is 435. The number of para-hydroxylation sites is 1. The molecule has 0 amide bonds. The highest BCUT2D eigenvalue weighted by atomic mass is 35.5. The van der Waals surface area contributed by atoms with Gasteiger partial charge in [0.25, 0.3) is 0 Å². The largest absolute Gasteiger partial charge is 0.457 e. The van der Waals surface area contributed by atoms with Crippen LogP contribution in [-0.2, 0) is 0 Å². The molecule has 0 bridgehead atoms. The van der Waals surface area contributed by atoms with Gasteiger partial charge in [0, 0.05) is 10.0 Å². The summed E-state index contributed by atoms with van der Waals surface area (Å²) in [4.78, 5) is 0. The first-order chi connectivity index (χ1) is 8.24. The quantitative estimate of drug-likeness (QED) is 0.668. The van der Waals surface area contributed by atoms with Gasteiger partial charge in [-0.1, -0.05) is 55.2 Å². The molecule has 0 aliphatic rings. The van der Waals surface area contributed by atoms with Crippen molar-refractivity contribution in [1.29, 1.82) is 0 Å². The maximum absolute atomic E-state index is 5.85. The van der Waals surface area contributed by atoms with E-state index in [1.165, 1.54) is 0 Å². The maximum atomic E-state index is 5.85. The Labute approximate surface area is 112 Å². The minimum Gasteiger partial charge on any atom is -0.457 e. The van der Waals surface area contributed by atoms with Crippen molar-refractivity contribution in [3.8, 4) is 11.5 Å². The number of benzene rings is 2. The van der Waals surface area contributed by atoms with E-state index in [-0.39, 0.29) is 0 Å². The maximum Gasteiger partial charge on any atom is 0.130 e. The van der Waals surface area contributed by atoms with E-state index in [0.717, 1.165) is 5.75 Å². The van der Waals surface area contributed by atoms with Crippen LogP contribution in [0.25, 0.3) is 0 Å². The first kappa shape index (κ1) is 13.9. The molecule has 0 aliphatic heterocycles. The van der Waals surface area contributed by atoms with Crippen molar-refractivity contribution in [2.75, 3.05) is 0 Å². The summed E-state index contributed by atoms with van der Waals surface area (Å²) in [5.41, 5.74) is 0. The van der Waals surface area contributed by atoms with Crippen LogP contribution in [-0.4, -0.2) is 0 Å². The molecule has 2 aromatic carbocycles. The summed E-state index contributed by atoms with van der Waals surface area (Å²) in [6.07, 6.45) is 0. The van der Waals surface area contributed by atoms with Gasteiger partial charge in [-0.15, -0.1) is 0 Å². The number of halogens is 2.